The number of carbonyl (C=O) groups is 2. The molecule has 3 aromatic carbocycles. The van der Waals surface area contributed by atoms with E-state index in [4.69, 9.17) is 34.8 Å². The number of anilines is 1. The van der Waals surface area contributed by atoms with Crippen molar-refractivity contribution in [1.29, 1.82) is 0 Å². The van der Waals surface area contributed by atoms with Crippen LogP contribution in [0.15, 0.2) is 77.7 Å². The SMILES string of the molecule is CCC(C(=O)NC(C)C)N(Cc1ccccc1Cl)C(=O)CN(c1cc(Cl)ccc1Cl)S(=O)(=O)c1ccccc1. The zero-order chi connectivity index (χ0) is 28.7. The Kier molecular flexibility index (Phi) is 10.7. The van der Waals surface area contributed by atoms with E-state index in [0.29, 0.717) is 10.6 Å². The highest BCUT2D eigenvalue weighted by molar-refractivity contribution is 7.92. The molecule has 39 heavy (non-hydrogen) atoms. The maximum Gasteiger partial charge on any atom is 0.264 e. The van der Waals surface area contributed by atoms with E-state index in [1.807, 2.05) is 13.8 Å². The first-order chi connectivity index (χ1) is 18.4. The molecule has 0 bridgehead atoms. The number of hydrogen-bond acceptors (Lipinski definition) is 4. The zero-order valence-corrected chi connectivity index (χ0v) is 24.9. The fraction of sp³-hybridized carbons (Fsp3) is 0.286. The van der Waals surface area contributed by atoms with E-state index in [1.165, 1.54) is 35.2 Å². The molecule has 0 radical (unpaired) electrons. The normalized spacial score (nSPS) is 12.2. The van der Waals surface area contributed by atoms with E-state index in [9.17, 15) is 18.0 Å². The van der Waals surface area contributed by atoms with Gasteiger partial charge >= 0.3 is 0 Å². The van der Waals surface area contributed by atoms with Crippen molar-refractivity contribution in [3.8, 4) is 0 Å². The number of sulfonamides is 1. The highest BCUT2D eigenvalue weighted by Gasteiger charge is 2.34. The Morgan fingerprint density at radius 1 is 0.897 bits per heavy atom. The predicted octanol–water partition coefficient (Wildman–Crippen LogP) is 6.17. The van der Waals surface area contributed by atoms with Crippen LogP contribution in [0.2, 0.25) is 15.1 Å². The van der Waals surface area contributed by atoms with E-state index >= 15 is 0 Å². The smallest absolute Gasteiger partial charge is 0.264 e. The number of benzene rings is 3. The van der Waals surface area contributed by atoms with E-state index in [-0.39, 0.29) is 45.5 Å². The maximum atomic E-state index is 14.0. The van der Waals surface area contributed by atoms with Crippen LogP contribution in [0.3, 0.4) is 0 Å². The quantitative estimate of drug-likeness (QED) is 0.281. The molecular weight excluding hydrogens is 581 g/mol. The standard InChI is InChI=1S/C28H30Cl3N3O4S/c1-4-25(28(36)32-19(2)3)33(17-20-10-8-9-13-23(20)30)27(35)18-34(26-16-21(29)14-15-24(26)31)39(37,38)22-11-6-5-7-12-22/h5-16,19,25H,4,17-18H2,1-3H3,(H,32,36). The van der Waals surface area contributed by atoms with Gasteiger partial charge in [-0.15, -0.1) is 0 Å². The second-order valence-electron chi connectivity index (χ2n) is 9.12. The summed E-state index contributed by atoms with van der Waals surface area (Å²) in [6.07, 6.45) is 0.290. The van der Waals surface area contributed by atoms with Crippen molar-refractivity contribution in [3.63, 3.8) is 0 Å². The van der Waals surface area contributed by atoms with Crippen molar-refractivity contribution in [2.45, 2.75) is 50.7 Å². The minimum absolute atomic E-state index is 0.00890. The van der Waals surface area contributed by atoms with E-state index in [2.05, 4.69) is 5.32 Å². The van der Waals surface area contributed by atoms with Crippen LogP contribution in [0.4, 0.5) is 5.69 Å². The second-order valence-corrected chi connectivity index (χ2v) is 12.2. The number of nitrogens with zero attached hydrogens (tertiary/aromatic N) is 2. The third-order valence-corrected chi connectivity index (χ3v) is 8.60. The minimum Gasteiger partial charge on any atom is -0.352 e. The predicted molar refractivity (Wildman–Crippen MR) is 157 cm³/mol. The summed E-state index contributed by atoms with van der Waals surface area (Å²) in [6.45, 7) is 4.78. The van der Waals surface area contributed by atoms with Gasteiger partial charge in [0.25, 0.3) is 10.0 Å². The molecule has 11 heteroatoms. The molecule has 0 saturated carbocycles. The number of halogens is 3. The third kappa shape index (κ3) is 7.66. The first-order valence-electron chi connectivity index (χ1n) is 12.3. The Morgan fingerprint density at radius 3 is 2.15 bits per heavy atom. The van der Waals surface area contributed by atoms with Gasteiger partial charge in [-0.2, -0.15) is 0 Å². The van der Waals surface area contributed by atoms with Gasteiger partial charge in [0, 0.05) is 22.6 Å². The molecule has 1 N–H and O–H groups in total. The summed E-state index contributed by atoms with van der Waals surface area (Å²) in [4.78, 5) is 28.5. The van der Waals surface area contributed by atoms with Gasteiger partial charge in [-0.1, -0.05) is 78.1 Å². The minimum atomic E-state index is -4.26. The Morgan fingerprint density at radius 2 is 1.54 bits per heavy atom. The third-order valence-electron chi connectivity index (χ3n) is 5.90. The molecular formula is C28H30Cl3N3O4S. The molecule has 3 rings (SSSR count). The molecule has 0 aliphatic heterocycles. The lowest BCUT2D eigenvalue weighted by molar-refractivity contribution is -0.140. The first-order valence-corrected chi connectivity index (χ1v) is 14.9. The van der Waals surface area contributed by atoms with Crippen LogP contribution in [0.5, 0.6) is 0 Å². The number of amides is 2. The van der Waals surface area contributed by atoms with Gasteiger partial charge in [0.1, 0.15) is 12.6 Å². The summed E-state index contributed by atoms with van der Waals surface area (Å²) in [5.41, 5.74) is 0.653. The van der Waals surface area contributed by atoms with Crippen LogP contribution in [-0.4, -0.2) is 43.8 Å². The molecule has 1 unspecified atom stereocenters. The summed E-state index contributed by atoms with van der Waals surface area (Å²) in [5, 5.41) is 3.60. The lowest BCUT2D eigenvalue weighted by Crippen LogP contribution is -2.53. The number of rotatable bonds is 11. The van der Waals surface area contributed by atoms with Crippen molar-refractivity contribution in [3.05, 3.63) is 93.4 Å². The molecule has 2 amide bonds. The van der Waals surface area contributed by atoms with Gasteiger partial charge in [-0.05, 0) is 62.2 Å². The molecule has 0 heterocycles. The summed E-state index contributed by atoms with van der Waals surface area (Å²) >= 11 is 19.0. The molecule has 208 valence electrons. The molecule has 0 aromatic heterocycles. The van der Waals surface area contributed by atoms with Crippen LogP contribution >= 0.6 is 34.8 Å². The monoisotopic (exact) mass is 609 g/mol. The second kappa shape index (κ2) is 13.5. The van der Waals surface area contributed by atoms with Gasteiger partial charge in [-0.25, -0.2) is 8.42 Å². The van der Waals surface area contributed by atoms with Gasteiger partial charge < -0.3 is 10.2 Å². The van der Waals surface area contributed by atoms with Crippen molar-refractivity contribution >= 4 is 62.3 Å². The average Bonchev–Trinajstić information content (AvgIpc) is 2.89. The van der Waals surface area contributed by atoms with E-state index in [1.54, 1.807) is 49.4 Å². The topological polar surface area (TPSA) is 86.8 Å². The molecule has 3 aromatic rings. The molecule has 0 aliphatic rings. The lowest BCUT2D eigenvalue weighted by atomic mass is 10.1. The lowest BCUT2D eigenvalue weighted by Gasteiger charge is -2.34. The molecule has 7 nitrogen and oxygen atoms in total. The zero-order valence-electron chi connectivity index (χ0n) is 21.8. The Balaban J connectivity index is 2.11. The fourth-order valence-electron chi connectivity index (χ4n) is 4.02. The summed E-state index contributed by atoms with van der Waals surface area (Å²) in [6, 6.07) is 18.0. The van der Waals surface area contributed by atoms with Crippen LogP contribution < -0.4 is 9.62 Å². The molecule has 0 fully saturated rings. The molecule has 0 aliphatic carbocycles. The molecule has 0 spiro atoms. The number of nitrogens with one attached hydrogen (secondary N) is 1. The van der Waals surface area contributed by atoms with Crippen molar-refractivity contribution in [2.75, 3.05) is 10.8 Å². The Bertz CT molecular complexity index is 1420. The summed E-state index contributed by atoms with van der Waals surface area (Å²) < 4.78 is 28.6. The van der Waals surface area contributed by atoms with E-state index < -0.39 is 28.5 Å². The molecule has 0 saturated heterocycles. The van der Waals surface area contributed by atoms with Gasteiger partial charge in [-0.3, -0.25) is 13.9 Å². The highest BCUT2D eigenvalue weighted by Crippen LogP contribution is 2.33. The van der Waals surface area contributed by atoms with Crippen LogP contribution in [0.1, 0.15) is 32.8 Å². The number of carbonyl (C=O) groups excluding carboxylic acids is 2. The van der Waals surface area contributed by atoms with Gasteiger partial charge in [0.15, 0.2) is 0 Å². The van der Waals surface area contributed by atoms with Crippen LogP contribution in [0, 0.1) is 0 Å². The first kappa shape index (κ1) is 30.8. The van der Waals surface area contributed by atoms with Crippen molar-refractivity contribution in [1.82, 2.24) is 10.2 Å². The highest BCUT2D eigenvalue weighted by atomic mass is 35.5. The average molecular weight is 611 g/mol. The van der Waals surface area contributed by atoms with Crippen LogP contribution in [0.25, 0.3) is 0 Å². The number of hydrogen-bond donors (Lipinski definition) is 1. The van der Waals surface area contributed by atoms with Gasteiger partial charge in [0.05, 0.1) is 15.6 Å². The Hall–Kier alpha value is -2.78. The van der Waals surface area contributed by atoms with Crippen molar-refractivity contribution < 1.29 is 18.0 Å². The fourth-order valence-corrected chi connectivity index (χ4v) is 6.10. The Labute approximate surface area is 244 Å². The van der Waals surface area contributed by atoms with Crippen LogP contribution in [-0.2, 0) is 26.2 Å². The van der Waals surface area contributed by atoms with E-state index in [0.717, 1.165) is 4.31 Å². The van der Waals surface area contributed by atoms with Gasteiger partial charge in [0.2, 0.25) is 11.8 Å². The molecule has 1 atom stereocenters. The van der Waals surface area contributed by atoms with Crippen molar-refractivity contribution in [2.24, 2.45) is 0 Å². The maximum absolute atomic E-state index is 14.0. The largest absolute Gasteiger partial charge is 0.352 e. The summed E-state index contributed by atoms with van der Waals surface area (Å²) in [7, 11) is -4.26. The summed E-state index contributed by atoms with van der Waals surface area (Å²) in [5.74, 6) is -0.970.